The van der Waals surface area contributed by atoms with Crippen molar-refractivity contribution >= 4 is 11.5 Å². The Labute approximate surface area is 135 Å². The molecular formula is C16H22N4O3. The van der Waals surface area contributed by atoms with E-state index in [4.69, 9.17) is 10.00 Å². The number of aromatic nitrogens is 1. The molecular weight excluding hydrogens is 296 g/mol. The Morgan fingerprint density at radius 2 is 2.30 bits per heavy atom. The molecule has 0 aliphatic carbocycles. The number of anilines is 1. The van der Waals surface area contributed by atoms with Crippen LogP contribution in [0.1, 0.15) is 45.1 Å². The summed E-state index contributed by atoms with van der Waals surface area (Å²) in [4.78, 5) is 14.8. The smallest absolute Gasteiger partial charge is 0.328 e. The Kier molecular flexibility index (Phi) is 5.88. The second-order valence-corrected chi connectivity index (χ2v) is 5.78. The Morgan fingerprint density at radius 1 is 1.57 bits per heavy atom. The molecule has 1 aliphatic rings. The van der Waals surface area contributed by atoms with Crippen LogP contribution in [0.5, 0.6) is 0 Å². The van der Waals surface area contributed by atoms with E-state index in [0.29, 0.717) is 12.5 Å². The molecule has 0 bridgehead atoms. The van der Waals surface area contributed by atoms with Gasteiger partial charge in [-0.2, -0.15) is 5.26 Å². The summed E-state index contributed by atoms with van der Waals surface area (Å²) in [6.07, 6.45) is 5.25. The molecule has 7 nitrogen and oxygen atoms in total. The first-order valence-electron chi connectivity index (χ1n) is 8.02. The molecule has 2 heterocycles. The fourth-order valence-electron chi connectivity index (χ4n) is 3.13. The highest BCUT2D eigenvalue weighted by Gasteiger charge is 2.30. The molecule has 1 fully saturated rings. The van der Waals surface area contributed by atoms with Gasteiger partial charge in [0, 0.05) is 18.8 Å². The van der Waals surface area contributed by atoms with Gasteiger partial charge in [0.15, 0.2) is 0 Å². The van der Waals surface area contributed by atoms with Crippen molar-refractivity contribution in [2.75, 3.05) is 11.9 Å². The molecule has 0 spiro atoms. The molecule has 0 amide bonds. The van der Waals surface area contributed by atoms with Crippen molar-refractivity contribution < 1.29 is 9.66 Å². The molecule has 2 rings (SSSR count). The van der Waals surface area contributed by atoms with Crippen molar-refractivity contribution in [2.45, 2.75) is 51.7 Å². The van der Waals surface area contributed by atoms with Crippen molar-refractivity contribution in [3.63, 3.8) is 0 Å². The lowest BCUT2D eigenvalue weighted by molar-refractivity contribution is -0.384. The van der Waals surface area contributed by atoms with Gasteiger partial charge in [-0.15, -0.1) is 0 Å². The van der Waals surface area contributed by atoms with Crippen molar-refractivity contribution in [3.05, 3.63) is 27.9 Å². The molecule has 0 saturated carbocycles. The standard InChI is InChI=1S/C16H22N4O3/c1-3-11(4-2)14-9-13(6-8-23-14)19-16-15(20(21)22)12(10-17)5-7-18-16/h5,7,11,13-14H,3-4,6,8-9H2,1-2H3,(H,18,19). The average Bonchev–Trinajstić information content (AvgIpc) is 2.56. The number of pyridine rings is 1. The van der Waals surface area contributed by atoms with Crippen LogP contribution in [0.2, 0.25) is 0 Å². The summed E-state index contributed by atoms with van der Waals surface area (Å²) in [5.74, 6) is 0.664. The minimum absolute atomic E-state index is 0.0242. The van der Waals surface area contributed by atoms with Crippen molar-refractivity contribution in [2.24, 2.45) is 5.92 Å². The summed E-state index contributed by atoms with van der Waals surface area (Å²) >= 11 is 0. The maximum atomic E-state index is 11.3. The Bertz CT molecular complexity index is 595. The highest BCUT2D eigenvalue weighted by atomic mass is 16.6. The van der Waals surface area contributed by atoms with Crippen LogP contribution in [0, 0.1) is 27.4 Å². The third-order valence-corrected chi connectivity index (χ3v) is 4.46. The van der Waals surface area contributed by atoms with Gasteiger partial charge in [0.1, 0.15) is 11.6 Å². The molecule has 2 atom stereocenters. The van der Waals surface area contributed by atoms with Gasteiger partial charge in [0.25, 0.3) is 0 Å². The average molecular weight is 318 g/mol. The van der Waals surface area contributed by atoms with E-state index in [1.807, 2.05) is 6.07 Å². The van der Waals surface area contributed by atoms with Crippen molar-refractivity contribution in [3.8, 4) is 6.07 Å². The van der Waals surface area contributed by atoms with Crippen LogP contribution < -0.4 is 5.32 Å². The molecule has 124 valence electrons. The molecule has 23 heavy (non-hydrogen) atoms. The highest BCUT2D eigenvalue weighted by Crippen LogP contribution is 2.30. The van der Waals surface area contributed by atoms with Crippen LogP contribution in [0.25, 0.3) is 0 Å². The normalized spacial score (nSPS) is 21.0. The number of nitrogens with zero attached hydrogens (tertiary/aromatic N) is 3. The predicted molar refractivity (Wildman–Crippen MR) is 86.1 cm³/mol. The van der Waals surface area contributed by atoms with Crippen LogP contribution in [0.4, 0.5) is 11.5 Å². The fraction of sp³-hybridized carbons (Fsp3) is 0.625. The SMILES string of the molecule is CCC(CC)C1CC(Nc2nccc(C#N)c2[N+](=O)[O-])CCO1. The minimum Gasteiger partial charge on any atom is -0.378 e. The number of nitrogens with one attached hydrogen (secondary N) is 1. The second-order valence-electron chi connectivity index (χ2n) is 5.78. The number of hydrogen-bond acceptors (Lipinski definition) is 6. The lowest BCUT2D eigenvalue weighted by atomic mass is 9.89. The van der Waals surface area contributed by atoms with Gasteiger partial charge in [0.2, 0.25) is 5.82 Å². The number of nitriles is 1. The molecule has 0 radical (unpaired) electrons. The van der Waals surface area contributed by atoms with Gasteiger partial charge in [0.05, 0.1) is 11.0 Å². The van der Waals surface area contributed by atoms with E-state index in [1.54, 1.807) is 0 Å². The first-order chi connectivity index (χ1) is 11.1. The molecule has 2 unspecified atom stereocenters. The van der Waals surface area contributed by atoms with E-state index >= 15 is 0 Å². The van der Waals surface area contributed by atoms with Crippen LogP contribution in [-0.4, -0.2) is 28.7 Å². The van der Waals surface area contributed by atoms with E-state index in [0.717, 1.165) is 25.7 Å². The zero-order chi connectivity index (χ0) is 16.8. The van der Waals surface area contributed by atoms with Gasteiger partial charge < -0.3 is 10.1 Å². The third kappa shape index (κ3) is 3.96. The summed E-state index contributed by atoms with van der Waals surface area (Å²) in [6.45, 7) is 4.93. The van der Waals surface area contributed by atoms with Crippen LogP contribution >= 0.6 is 0 Å². The van der Waals surface area contributed by atoms with E-state index in [2.05, 4.69) is 24.1 Å². The topological polar surface area (TPSA) is 101 Å². The first kappa shape index (κ1) is 17.2. The fourth-order valence-corrected chi connectivity index (χ4v) is 3.13. The van der Waals surface area contributed by atoms with Gasteiger partial charge in [-0.1, -0.05) is 26.7 Å². The minimum atomic E-state index is -0.550. The number of hydrogen-bond donors (Lipinski definition) is 1. The van der Waals surface area contributed by atoms with Gasteiger partial charge in [-0.3, -0.25) is 10.1 Å². The van der Waals surface area contributed by atoms with Gasteiger partial charge in [-0.25, -0.2) is 4.98 Å². The van der Waals surface area contributed by atoms with E-state index < -0.39 is 4.92 Å². The zero-order valence-electron chi connectivity index (χ0n) is 13.5. The highest BCUT2D eigenvalue weighted by molar-refractivity contribution is 5.64. The maximum absolute atomic E-state index is 11.3. The molecule has 7 heteroatoms. The largest absolute Gasteiger partial charge is 0.378 e. The molecule has 1 N–H and O–H groups in total. The molecule has 1 aromatic rings. The van der Waals surface area contributed by atoms with Crippen molar-refractivity contribution in [1.29, 1.82) is 5.26 Å². The summed E-state index contributed by atoms with van der Waals surface area (Å²) < 4.78 is 5.87. The van der Waals surface area contributed by atoms with Crippen LogP contribution in [-0.2, 0) is 4.74 Å². The Balaban J connectivity index is 2.16. The monoisotopic (exact) mass is 318 g/mol. The predicted octanol–water partition coefficient (Wildman–Crippen LogP) is 3.26. The molecule has 1 aliphatic heterocycles. The number of ether oxygens (including phenoxy) is 1. The van der Waals surface area contributed by atoms with E-state index in [9.17, 15) is 10.1 Å². The molecule has 1 saturated heterocycles. The summed E-state index contributed by atoms with van der Waals surface area (Å²) in [6, 6.07) is 3.28. The van der Waals surface area contributed by atoms with E-state index in [1.165, 1.54) is 12.3 Å². The first-order valence-corrected chi connectivity index (χ1v) is 8.02. The number of nitro groups is 1. The quantitative estimate of drug-likeness (QED) is 0.638. The molecule has 1 aromatic heterocycles. The lowest BCUT2D eigenvalue weighted by Crippen LogP contribution is -2.38. The lowest BCUT2D eigenvalue weighted by Gasteiger charge is -2.34. The summed E-state index contributed by atoms with van der Waals surface area (Å²) in [5, 5.41) is 23.5. The van der Waals surface area contributed by atoms with Crippen molar-refractivity contribution in [1.82, 2.24) is 4.98 Å². The second kappa shape index (κ2) is 7.88. The zero-order valence-corrected chi connectivity index (χ0v) is 13.5. The Hall–Kier alpha value is -2.20. The summed E-state index contributed by atoms with van der Waals surface area (Å²) in [7, 11) is 0. The summed E-state index contributed by atoms with van der Waals surface area (Å²) in [5.41, 5.74) is -0.225. The maximum Gasteiger partial charge on any atom is 0.328 e. The third-order valence-electron chi connectivity index (χ3n) is 4.46. The Morgan fingerprint density at radius 3 is 2.91 bits per heavy atom. The number of rotatable bonds is 6. The van der Waals surface area contributed by atoms with Crippen LogP contribution in [0.15, 0.2) is 12.3 Å². The van der Waals surface area contributed by atoms with Crippen LogP contribution in [0.3, 0.4) is 0 Å². The van der Waals surface area contributed by atoms with Gasteiger partial charge >= 0.3 is 5.69 Å². The molecule has 0 aromatic carbocycles. The van der Waals surface area contributed by atoms with Gasteiger partial charge in [-0.05, 0) is 24.8 Å². The van der Waals surface area contributed by atoms with E-state index in [-0.39, 0.29) is 29.2 Å².